The van der Waals surface area contributed by atoms with Crippen LogP contribution in [0.3, 0.4) is 0 Å². The number of aliphatic hydroxyl groups excluding tert-OH is 2. The number of aromatic nitrogens is 1. The van der Waals surface area contributed by atoms with Crippen molar-refractivity contribution < 1.29 is 60.3 Å². The van der Waals surface area contributed by atoms with E-state index in [0.717, 1.165) is 5.56 Å². The molecular formula is C33H34FN2NaO5. The Morgan fingerprint density at radius 3 is 2.05 bits per heavy atom. The van der Waals surface area contributed by atoms with Crippen molar-refractivity contribution >= 4 is 23.6 Å². The van der Waals surface area contributed by atoms with E-state index in [4.69, 9.17) is 5.11 Å². The Morgan fingerprint density at radius 1 is 0.905 bits per heavy atom. The Morgan fingerprint density at radius 2 is 1.48 bits per heavy atom. The Bertz CT molecular complexity index is 1530. The second-order valence-electron chi connectivity index (χ2n) is 10.1. The van der Waals surface area contributed by atoms with E-state index in [2.05, 4.69) is 5.32 Å². The fourth-order valence-corrected chi connectivity index (χ4v) is 4.88. The van der Waals surface area contributed by atoms with Crippen molar-refractivity contribution in [2.24, 2.45) is 0 Å². The zero-order valence-electron chi connectivity index (χ0n) is 24.9. The Kier molecular flexibility index (Phi) is 11.8. The first kappa shape index (κ1) is 33.0. The zero-order valence-corrected chi connectivity index (χ0v) is 25.9. The molecule has 2 atom stereocenters. The predicted octanol–water partition coefficient (Wildman–Crippen LogP) is 3.51. The van der Waals surface area contributed by atoms with Gasteiger partial charge in [0.15, 0.2) is 0 Å². The van der Waals surface area contributed by atoms with Crippen LogP contribution >= 0.6 is 0 Å². The minimum atomic E-state index is -1.23. The molecule has 3 aromatic carbocycles. The van der Waals surface area contributed by atoms with Crippen LogP contribution in [0.4, 0.5) is 10.1 Å². The van der Waals surface area contributed by atoms with Gasteiger partial charge in [-0.05, 0) is 55.3 Å². The monoisotopic (exact) mass is 580 g/mol. The van der Waals surface area contributed by atoms with Crippen molar-refractivity contribution in [2.75, 3.05) is 5.32 Å². The van der Waals surface area contributed by atoms with Gasteiger partial charge in [0.25, 0.3) is 5.91 Å². The van der Waals surface area contributed by atoms with Crippen LogP contribution in [0.15, 0.2) is 91.0 Å². The van der Waals surface area contributed by atoms with Gasteiger partial charge < -0.3 is 26.6 Å². The van der Waals surface area contributed by atoms with Crippen LogP contribution in [0.1, 0.15) is 50.3 Å². The molecule has 7 nitrogen and oxygen atoms in total. The first-order valence-corrected chi connectivity index (χ1v) is 13.4. The summed E-state index contributed by atoms with van der Waals surface area (Å²) in [5.74, 6) is -1.91. The molecule has 1 amide bonds. The van der Waals surface area contributed by atoms with Crippen molar-refractivity contribution in [3.05, 3.63) is 108 Å². The van der Waals surface area contributed by atoms with Crippen LogP contribution in [0.2, 0.25) is 0 Å². The maximum Gasteiger partial charge on any atom is 1.00 e. The second-order valence-corrected chi connectivity index (χ2v) is 10.1. The van der Waals surface area contributed by atoms with Gasteiger partial charge in [-0.15, -0.1) is 0 Å². The SMILES string of the molecule is CC(C)n1c(/C=C/[C@@H](O)C[C@@H](O)CC(=O)O)c(-c2ccc(F)cc2)c(-c2ccccc2)c1C(=O)Nc1ccccc1.[H-].[Na+]. The van der Waals surface area contributed by atoms with E-state index in [9.17, 15) is 24.2 Å². The number of nitrogens with one attached hydrogen (secondary N) is 1. The van der Waals surface area contributed by atoms with Gasteiger partial charge in [-0.3, -0.25) is 9.59 Å². The summed E-state index contributed by atoms with van der Waals surface area (Å²) in [4.78, 5) is 25.0. The number of hydrogen-bond acceptors (Lipinski definition) is 4. The molecular weight excluding hydrogens is 546 g/mol. The number of carboxylic acid groups (broad SMARTS) is 1. The fraction of sp³-hybridized carbons (Fsp3) is 0.212. The summed E-state index contributed by atoms with van der Waals surface area (Å²) in [5.41, 5.74) is 4.34. The minimum Gasteiger partial charge on any atom is -1.00 e. The van der Waals surface area contributed by atoms with Gasteiger partial charge >= 0.3 is 35.5 Å². The van der Waals surface area contributed by atoms with Gasteiger partial charge in [0.2, 0.25) is 0 Å². The fourth-order valence-electron chi connectivity index (χ4n) is 4.88. The molecule has 0 saturated heterocycles. The first-order chi connectivity index (χ1) is 19.7. The summed E-state index contributed by atoms with van der Waals surface area (Å²) in [6.45, 7) is 3.87. The van der Waals surface area contributed by atoms with E-state index in [-0.39, 0.29) is 49.4 Å². The number of carboxylic acids is 1. The van der Waals surface area contributed by atoms with Gasteiger partial charge in [0, 0.05) is 35.0 Å². The third-order valence-corrected chi connectivity index (χ3v) is 6.60. The van der Waals surface area contributed by atoms with Crippen molar-refractivity contribution in [3.8, 4) is 22.3 Å². The molecule has 0 saturated carbocycles. The number of rotatable bonds is 11. The van der Waals surface area contributed by atoms with Crippen LogP contribution in [0, 0.1) is 5.82 Å². The Hall–Kier alpha value is -3.53. The summed E-state index contributed by atoms with van der Waals surface area (Å²) in [5, 5.41) is 32.6. The molecule has 1 aromatic heterocycles. The van der Waals surface area contributed by atoms with Crippen molar-refractivity contribution in [1.82, 2.24) is 4.57 Å². The van der Waals surface area contributed by atoms with E-state index in [0.29, 0.717) is 33.8 Å². The third kappa shape index (κ3) is 8.06. The van der Waals surface area contributed by atoms with Crippen molar-refractivity contribution in [3.63, 3.8) is 0 Å². The van der Waals surface area contributed by atoms with Crippen molar-refractivity contribution in [1.29, 1.82) is 0 Å². The van der Waals surface area contributed by atoms with Gasteiger partial charge in [-0.2, -0.15) is 0 Å². The standard InChI is InChI=1S/C33H33FN2O5.Na.H/c1-21(2)36-28(18-17-26(37)19-27(38)20-29(39)40)30(23-13-15-24(34)16-14-23)31(22-9-5-3-6-10-22)32(36)33(41)35-25-11-7-4-8-12-25;;/h3-18,21,26-27,37-38H,19-20H2,1-2H3,(H,35,41)(H,39,40);;/q;+1;-1/b18-17+;;/t26-,27-;;/m1../s1. The number of nitrogens with zero attached hydrogens (tertiary/aromatic N) is 1. The summed E-state index contributed by atoms with van der Waals surface area (Å²) in [6, 6.07) is 24.3. The molecule has 0 unspecified atom stereocenters. The average Bonchev–Trinajstić information content (AvgIpc) is 3.28. The van der Waals surface area contributed by atoms with Crippen molar-refractivity contribution in [2.45, 2.75) is 44.9 Å². The van der Waals surface area contributed by atoms with Gasteiger partial charge in [-0.1, -0.05) is 66.7 Å². The summed E-state index contributed by atoms with van der Waals surface area (Å²) >= 11 is 0. The summed E-state index contributed by atoms with van der Waals surface area (Å²) < 4.78 is 15.9. The van der Waals surface area contributed by atoms with Crippen LogP contribution in [0.25, 0.3) is 28.3 Å². The maximum absolute atomic E-state index is 14.0. The van der Waals surface area contributed by atoms with E-state index in [1.807, 2.05) is 66.9 Å². The number of halogens is 1. The molecule has 4 aromatic rings. The predicted molar refractivity (Wildman–Crippen MR) is 159 cm³/mol. The Labute approximate surface area is 268 Å². The molecule has 4 N–H and O–H groups in total. The molecule has 0 aliphatic carbocycles. The number of anilines is 1. The second kappa shape index (κ2) is 15.1. The number of aliphatic carboxylic acids is 1. The smallest absolute Gasteiger partial charge is 1.00 e. The zero-order chi connectivity index (χ0) is 29.5. The topological polar surface area (TPSA) is 112 Å². The molecule has 0 aliphatic rings. The minimum absolute atomic E-state index is 0. The first-order valence-electron chi connectivity index (χ1n) is 13.4. The molecule has 4 rings (SSSR count). The van der Waals surface area contributed by atoms with E-state index < -0.39 is 30.4 Å². The molecule has 214 valence electrons. The van der Waals surface area contributed by atoms with Crippen LogP contribution in [0.5, 0.6) is 0 Å². The molecule has 0 radical (unpaired) electrons. The molecule has 0 bridgehead atoms. The van der Waals surface area contributed by atoms with E-state index in [1.165, 1.54) is 18.2 Å². The number of aliphatic hydroxyl groups is 2. The van der Waals surface area contributed by atoms with E-state index in [1.54, 1.807) is 30.3 Å². The molecule has 9 heteroatoms. The summed E-state index contributed by atoms with van der Waals surface area (Å²) in [6.07, 6.45) is 0.0955. The molecule has 0 spiro atoms. The number of benzene rings is 3. The largest absolute Gasteiger partial charge is 1.00 e. The normalized spacial score (nSPS) is 12.6. The molecule has 0 fully saturated rings. The van der Waals surface area contributed by atoms with Gasteiger partial charge in [-0.25, -0.2) is 4.39 Å². The number of para-hydroxylation sites is 1. The third-order valence-electron chi connectivity index (χ3n) is 6.60. The van der Waals surface area contributed by atoms with Gasteiger partial charge in [0.05, 0.1) is 18.6 Å². The van der Waals surface area contributed by atoms with Crippen LogP contribution in [-0.2, 0) is 4.79 Å². The molecule has 1 heterocycles. The average molecular weight is 581 g/mol. The Balaban J connectivity index is 0.00000323. The maximum atomic E-state index is 14.0. The quantitative estimate of drug-likeness (QED) is 0.203. The molecule has 42 heavy (non-hydrogen) atoms. The number of carbonyl (C=O) groups excluding carboxylic acids is 1. The molecule has 0 aliphatic heterocycles. The van der Waals surface area contributed by atoms with Gasteiger partial charge in [0.1, 0.15) is 11.5 Å². The van der Waals surface area contributed by atoms with Crippen LogP contribution in [-0.4, -0.2) is 44.0 Å². The number of hydrogen-bond donors (Lipinski definition) is 4. The van der Waals surface area contributed by atoms with Crippen LogP contribution < -0.4 is 34.9 Å². The van der Waals surface area contributed by atoms with E-state index >= 15 is 0 Å². The summed E-state index contributed by atoms with van der Waals surface area (Å²) in [7, 11) is 0. The number of amides is 1. The number of carbonyl (C=O) groups is 2.